The first-order chi connectivity index (χ1) is 8.59. The van der Waals surface area contributed by atoms with Gasteiger partial charge in [0.15, 0.2) is 0 Å². The Morgan fingerprint density at radius 3 is 2.72 bits per heavy atom. The zero-order chi connectivity index (χ0) is 13.1. The molecule has 1 fully saturated rings. The van der Waals surface area contributed by atoms with Crippen LogP contribution in [0.15, 0.2) is 18.2 Å². The van der Waals surface area contributed by atoms with Gasteiger partial charge < -0.3 is 10.4 Å². The van der Waals surface area contributed by atoms with Crippen molar-refractivity contribution in [3.05, 3.63) is 33.8 Å². The van der Waals surface area contributed by atoms with Crippen LogP contribution in [0.3, 0.4) is 0 Å². The molecule has 2 atom stereocenters. The molecule has 1 aliphatic rings. The van der Waals surface area contributed by atoms with Crippen LogP contribution in [0.25, 0.3) is 0 Å². The number of hydrogen-bond donors (Lipinski definition) is 2. The number of aliphatic hydroxyl groups is 1. The maximum absolute atomic E-state index is 12.1. The Bertz CT molecular complexity index is 451. The van der Waals surface area contributed by atoms with E-state index in [-0.39, 0.29) is 17.0 Å². The van der Waals surface area contributed by atoms with E-state index in [1.54, 1.807) is 18.2 Å². The molecule has 5 heteroatoms. The number of benzene rings is 1. The Kier molecular flexibility index (Phi) is 4.49. The van der Waals surface area contributed by atoms with Gasteiger partial charge in [-0.05, 0) is 25.0 Å². The van der Waals surface area contributed by atoms with E-state index >= 15 is 0 Å². The fraction of sp³-hybridized carbons (Fsp3) is 0.462. The lowest BCUT2D eigenvalue weighted by molar-refractivity contribution is 0.0717. The van der Waals surface area contributed by atoms with Crippen molar-refractivity contribution in [3.8, 4) is 0 Å². The van der Waals surface area contributed by atoms with Gasteiger partial charge >= 0.3 is 0 Å². The van der Waals surface area contributed by atoms with Crippen LogP contribution in [0, 0.1) is 0 Å². The average Bonchev–Trinajstić information content (AvgIpc) is 2.35. The van der Waals surface area contributed by atoms with Crippen molar-refractivity contribution in [1.82, 2.24) is 5.32 Å². The lowest BCUT2D eigenvalue weighted by Gasteiger charge is -2.28. The molecule has 98 valence electrons. The topological polar surface area (TPSA) is 49.3 Å². The van der Waals surface area contributed by atoms with Crippen molar-refractivity contribution in [2.45, 2.75) is 37.8 Å². The molecule has 1 aromatic rings. The Morgan fingerprint density at radius 1 is 1.28 bits per heavy atom. The van der Waals surface area contributed by atoms with Gasteiger partial charge in [-0.2, -0.15) is 0 Å². The molecule has 18 heavy (non-hydrogen) atoms. The number of carbonyl (C=O) groups excluding carboxylic acids is 1. The summed E-state index contributed by atoms with van der Waals surface area (Å²) in [6, 6.07) is 4.75. The van der Waals surface area contributed by atoms with Crippen LogP contribution in [0.1, 0.15) is 36.0 Å². The third kappa shape index (κ3) is 2.97. The average molecular weight is 288 g/mol. The smallest absolute Gasteiger partial charge is 0.253 e. The maximum atomic E-state index is 12.1. The molecule has 0 aliphatic heterocycles. The highest BCUT2D eigenvalue weighted by molar-refractivity contribution is 6.43. The van der Waals surface area contributed by atoms with Crippen LogP contribution in [0.2, 0.25) is 10.0 Å². The van der Waals surface area contributed by atoms with Gasteiger partial charge in [0, 0.05) is 0 Å². The molecule has 0 heterocycles. The molecule has 1 saturated carbocycles. The van der Waals surface area contributed by atoms with Crippen molar-refractivity contribution < 1.29 is 9.90 Å². The second kappa shape index (κ2) is 5.91. The Hall–Kier alpha value is -0.770. The zero-order valence-corrected chi connectivity index (χ0v) is 11.3. The molecule has 0 saturated heterocycles. The van der Waals surface area contributed by atoms with Gasteiger partial charge in [0.05, 0.1) is 27.8 Å². The van der Waals surface area contributed by atoms with Crippen LogP contribution in [0.5, 0.6) is 0 Å². The van der Waals surface area contributed by atoms with E-state index in [1.807, 2.05) is 0 Å². The minimum absolute atomic E-state index is 0.193. The number of amides is 1. The molecule has 1 aliphatic carbocycles. The van der Waals surface area contributed by atoms with Gasteiger partial charge in [-0.15, -0.1) is 0 Å². The molecular weight excluding hydrogens is 273 g/mol. The van der Waals surface area contributed by atoms with Gasteiger partial charge in [-0.3, -0.25) is 4.79 Å². The number of hydrogen-bond acceptors (Lipinski definition) is 2. The largest absolute Gasteiger partial charge is 0.391 e. The minimum Gasteiger partial charge on any atom is -0.391 e. The van der Waals surface area contributed by atoms with Crippen LogP contribution >= 0.6 is 23.2 Å². The van der Waals surface area contributed by atoms with E-state index in [2.05, 4.69) is 5.32 Å². The lowest BCUT2D eigenvalue weighted by atomic mass is 9.92. The van der Waals surface area contributed by atoms with E-state index < -0.39 is 6.10 Å². The highest BCUT2D eigenvalue weighted by Crippen LogP contribution is 2.26. The van der Waals surface area contributed by atoms with Crippen LogP contribution in [-0.2, 0) is 0 Å². The summed E-state index contributed by atoms with van der Waals surface area (Å²) < 4.78 is 0. The molecule has 0 aromatic heterocycles. The second-order valence-corrected chi connectivity index (χ2v) is 5.32. The maximum Gasteiger partial charge on any atom is 0.253 e. The Labute approximate surface area is 116 Å². The predicted octanol–water partition coefficient (Wildman–Crippen LogP) is 3.03. The lowest BCUT2D eigenvalue weighted by Crippen LogP contribution is -2.45. The number of rotatable bonds is 2. The summed E-state index contributed by atoms with van der Waals surface area (Å²) in [6.45, 7) is 0. The summed E-state index contributed by atoms with van der Waals surface area (Å²) in [7, 11) is 0. The standard InChI is InChI=1S/C13H15Cl2NO2/c14-9-5-3-4-8(12(9)15)13(18)16-10-6-1-2-7-11(10)17/h3-5,10-11,17H,1-2,6-7H2,(H,16,18)/t10-,11-/m1/s1. The van der Waals surface area contributed by atoms with Crippen molar-refractivity contribution in [2.24, 2.45) is 0 Å². The minimum atomic E-state index is -0.472. The van der Waals surface area contributed by atoms with E-state index in [1.165, 1.54) is 0 Å². The molecule has 1 amide bonds. The number of halogens is 2. The molecule has 0 unspecified atom stereocenters. The highest BCUT2D eigenvalue weighted by atomic mass is 35.5. The van der Waals surface area contributed by atoms with Crippen molar-refractivity contribution in [3.63, 3.8) is 0 Å². The van der Waals surface area contributed by atoms with E-state index in [4.69, 9.17) is 23.2 Å². The monoisotopic (exact) mass is 287 g/mol. The van der Waals surface area contributed by atoms with Gasteiger partial charge in [-0.1, -0.05) is 42.1 Å². The molecule has 1 aromatic carbocycles. The van der Waals surface area contributed by atoms with Gasteiger partial charge in [0.1, 0.15) is 0 Å². The van der Waals surface area contributed by atoms with Crippen LogP contribution in [0.4, 0.5) is 0 Å². The van der Waals surface area contributed by atoms with Gasteiger partial charge in [-0.25, -0.2) is 0 Å². The number of aliphatic hydroxyl groups excluding tert-OH is 1. The summed E-state index contributed by atoms with van der Waals surface area (Å²) in [4.78, 5) is 12.1. The zero-order valence-electron chi connectivity index (χ0n) is 9.83. The Morgan fingerprint density at radius 2 is 2.00 bits per heavy atom. The first-order valence-corrected chi connectivity index (χ1v) is 6.78. The summed E-state index contributed by atoms with van der Waals surface area (Å²) >= 11 is 11.9. The van der Waals surface area contributed by atoms with Crippen molar-refractivity contribution >= 4 is 29.1 Å². The fourth-order valence-corrected chi connectivity index (χ4v) is 2.59. The quantitative estimate of drug-likeness (QED) is 0.878. The van der Waals surface area contributed by atoms with Crippen LogP contribution in [-0.4, -0.2) is 23.2 Å². The SMILES string of the molecule is O=C(N[C@@H]1CCCC[C@H]1O)c1cccc(Cl)c1Cl. The van der Waals surface area contributed by atoms with Crippen molar-refractivity contribution in [1.29, 1.82) is 0 Å². The molecule has 2 N–H and O–H groups in total. The number of carbonyl (C=O) groups is 1. The molecule has 3 nitrogen and oxygen atoms in total. The fourth-order valence-electron chi connectivity index (χ4n) is 2.20. The molecule has 0 bridgehead atoms. The first-order valence-electron chi connectivity index (χ1n) is 6.02. The second-order valence-electron chi connectivity index (χ2n) is 4.53. The summed E-state index contributed by atoms with van der Waals surface area (Å²) in [6.07, 6.45) is 3.08. The molecular formula is C13H15Cl2NO2. The van der Waals surface area contributed by atoms with Crippen LogP contribution < -0.4 is 5.32 Å². The first kappa shape index (κ1) is 13.7. The molecule has 0 spiro atoms. The van der Waals surface area contributed by atoms with E-state index in [0.29, 0.717) is 10.6 Å². The Balaban J connectivity index is 2.09. The summed E-state index contributed by atoms with van der Waals surface area (Å²) in [5.41, 5.74) is 0.349. The summed E-state index contributed by atoms with van der Waals surface area (Å²) in [5.74, 6) is -0.284. The van der Waals surface area contributed by atoms with E-state index in [9.17, 15) is 9.90 Å². The van der Waals surface area contributed by atoms with E-state index in [0.717, 1.165) is 25.7 Å². The predicted molar refractivity (Wildman–Crippen MR) is 72.2 cm³/mol. The highest BCUT2D eigenvalue weighted by Gasteiger charge is 2.25. The third-order valence-electron chi connectivity index (χ3n) is 3.24. The van der Waals surface area contributed by atoms with Crippen molar-refractivity contribution in [2.75, 3.05) is 0 Å². The molecule has 2 rings (SSSR count). The summed E-state index contributed by atoms with van der Waals surface area (Å²) in [5, 5.41) is 13.2. The van der Waals surface area contributed by atoms with Gasteiger partial charge in [0.2, 0.25) is 0 Å². The normalized spacial score (nSPS) is 23.7. The van der Waals surface area contributed by atoms with Gasteiger partial charge in [0.25, 0.3) is 5.91 Å². The molecule has 0 radical (unpaired) electrons. The number of nitrogens with one attached hydrogen (secondary N) is 1. The third-order valence-corrected chi connectivity index (χ3v) is 4.06.